The standard InChI is InChI=1S/C16H24ClNO/c1-3-16(4-2,18-11-7-8-12-18)15(19)13-9-5-6-10-14(13)17/h5-6,9-10,15,19H,3-4,7-8,11-12H2,1-2H3. The first-order chi connectivity index (χ1) is 9.15. The zero-order valence-corrected chi connectivity index (χ0v) is 12.7. The first-order valence-electron chi connectivity index (χ1n) is 7.33. The van der Waals surface area contributed by atoms with Crippen LogP contribution in [0.2, 0.25) is 5.02 Å². The van der Waals surface area contributed by atoms with Crippen LogP contribution in [0, 0.1) is 0 Å². The monoisotopic (exact) mass is 281 g/mol. The highest BCUT2D eigenvalue weighted by Gasteiger charge is 2.42. The van der Waals surface area contributed by atoms with Crippen molar-refractivity contribution in [2.45, 2.75) is 51.2 Å². The Hall–Kier alpha value is -0.570. The van der Waals surface area contributed by atoms with E-state index in [0.29, 0.717) is 5.02 Å². The fourth-order valence-electron chi connectivity index (χ4n) is 3.41. The molecule has 106 valence electrons. The van der Waals surface area contributed by atoms with E-state index in [-0.39, 0.29) is 5.54 Å². The van der Waals surface area contributed by atoms with Gasteiger partial charge in [-0.15, -0.1) is 0 Å². The fourth-order valence-corrected chi connectivity index (χ4v) is 3.64. The number of hydrogen-bond donors (Lipinski definition) is 1. The molecule has 0 spiro atoms. The summed E-state index contributed by atoms with van der Waals surface area (Å²) in [6.07, 6.45) is 3.83. The van der Waals surface area contributed by atoms with Crippen molar-refractivity contribution in [1.29, 1.82) is 0 Å². The summed E-state index contributed by atoms with van der Waals surface area (Å²) in [4.78, 5) is 2.46. The van der Waals surface area contributed by atoms with Gasteiger partial charge < -0.3 is 5.11 Å². The Morgan fingerprint density at radius 2 is 1.79 bits per heavy atom. The lowest BCUT2D eigenvalue weighted by Gasteiger charge is -2.45. The Morgan fingerprint density at radius 1 is 1.21 bits per heavy atom. The van der Waals surface area contributed by atoms with Crippen LogP contribution in [0.5, 0.6) is 0 Å². The van der Waals surface area contributed by atoms with Crippen molar-refractivity contribution in [3.8, 4) is 0 Å². The second-order valence-corrected chi connectivity index (χ2v) is 5.84. The number of likely N-dealkylation sites (tertiary alicyclic amines) is 1. The van der Waals surface area contributed by atoms with Crippen LogP contribution in [0.25, 0.3) is 0 Å². The number of hydrogen-bond acceptors (Lipinski definition) is 2. The van der Waals surface area contributed by atoms with E-state index in [9.17, 15) is 5.11 Å². The molecule has 0 saturated carbocycles. The highest BCUT2D eigenvalue weighted by Crippen LogP contribution is 2.41. The molecule has 0 aromatic heterocycles. The Morgan fingerprint density at radius 3 is 2.32 bits per heavy atom. The van der Waals surface area contributed by atoms with E-state index in [1.165, 1.54) is 12.8 Å². The molecular weight excluding hydrogens is 258 g/mol. The molecule has 1 aromatic carbocycles. The summed E-state index contributed by atoms with van der Waals surface area (Å²) < 4.78 is 0. The minimum absolute atomic E-state index is 0.179. The van der Waals surface area contributed by atoms with Crippen LogP contribution < -0.4 is 0 Å². The minimum atomic E-state index is -0.519. The predicted molar refractivity (Wildman–Crippen MR) is 80.5 cm³/mol. The maximum atomic E-state index is 10.9. The van der Waals surface area contributed by atoms with Gasteiger partial charge in [0.25, 0.3) is 0 Å². The van der Waals surface area contributed by atoms with Crippen LogP contribution >= 0.6 is 11.6 Å². The average Bonchev–Trinajstić information content (AvgIpc) is 2.96. The molecule has 1 heterocycles. The highest BCUT2D eigenvalue weighted by atomic mass is 35.5. The lowest BCUT2D eigenvalue weighted by Crippen LogP contribution is -2.51. The molecule has 0 amide bonds. The Balaban J connectivity index is 2.35. The third kappa shape index (κ3) is 2.67. The Labute approximate surface area is 121 Å². The van der Waals surface area contributed by atoms with Gasteiger partial charge in [-0.05, 0) is 44.8 Å². The smallest absolute Gasteiger partial charge is 0.0987 e. The summed E-state index contributed by atoms with van der Waals surface area (Å²) in [6.45, 7) is 6.51. The predicted octanol–water partition coefficient (Wildman–Crippen LogP) is 4.03. The second-order valence-electron chi connectivity index (χ2n) is 5.43. The summed E-state index contributed by atoms with van der Waals surface area (Å²) in [5.41, 5.74) is 0.682. The molecule has 1 atom stereocenters. The molecule has 2 rings (SSSR count). The molecule has 1 aliphatic rings. The Bertz CT molecular complexity index is 411. The topological polar surface area (TPSA) is 23.5 Å². The molecule has 19 heavy (non-hydrogen) atoms. The SMILES string of the molecule is CCC(CC)(C(O)c1ccccc1Cl)N1CCCC1. The second kappa shape index (κ2) is 6.25. The number of aliphatic hydroxyl groups is 1. The summed E-state index contributed by atoms with van der Waals surface area (Å²) in [5, 5.41) is 11.6. The zero-order chi connectivity index (χ0) is 13.9. The normalized spacial score (nSPS) is 18.7. The van der Waals surface area contributed by atoms with Gasteiger partial charge in [0.1, 0.15) is 0 Å². The number of benzene rings is 1. The summed E-state index contributed by atoms with van der Waals surface area (Å²) >= 11 is 6.27. The van der Waals surface area contributed by atoms with E-state index >= 15 is 0 Å². The van der Waals surface area contributed by atoms with E-state index in [1.54, 1.807) is 0 Å². The third-order valence-electron chi connectivity index (χ3n) is 4.67. The number of halogens is 1. The van der Waals surface area contributed by atoms with Crippen molar-refractivity contribution in [3.05, 3.63) is 34.9 Å². The van der Waals surface area contributed by atoms with Gasteiger partial charge in [0.15, 0.2) is 0 Å². The van der Waals surface area contributed by atoms with E-state index < -0.39 is 6.10 Å². The molecule has 3 heteroatoms. The van der Waals surface area contributed by atoms with Gasteiger partial charge in [-0.1, -0.05) is 43.6 Å². The average molecular weight is 282 g/mol. The fraction of sp³-hybridized carbons (Fsp3) is 0.625. The van der Waals surface area contributed by atoms with Gasteiger partial charge in [-0.3, -0.25) is 4.90 Å². The lowest BCUT2D eigenvalue weighted by atomic mass is 9.81. The van der Waals surface area contributed by atoms with Crippen LogP contribution in [-0.2, 0) is 0 Å². The lowest BCUT2D eigenvalue weighted by molar-refractivity contribution is -0.0294. The molecule has 1 fully saturated rings. The van der Waals surface area contributed by atoms with Crippen molar-refractivity contribution >= 4 is 11.6 Å². The molecule has 2 nitrogen and oxygen atoms in total. The van der Waals surface area contributed by atoms with Gasteiger partial charge in [-0.2, -0.15) is 0 Å². The number of nitrogens with zero attached hydrogens (tertiary/aromatic N) is 1. The van der Waals surface area contributed by atoms with Gasteiger partial charge in [0.2, 0.25) is 0 Å². The van der Waals surface area contributed by atoms with Crippen LogP contribution in [0.1, 0.15) is 51.2 Å². The van der Waals surface area contributed by atoms with Crippen LogP contribution in [0.4, 0.5) is 0 Å². The molecule has 1 aliphatic heterocycles. The summed E-state index contributed by atoms with van der Waals surface area (Å²) in [6, 6.07) is 7.67. The third-order valence-corrected chi connectivity index (χ3v) is 5.01. The maximum absolute atomic E-state index is 10.9. The van der Waals surface area contributed by atoms with Crippen molar-refractivity contribution in [3.63, 3.8) is 0 Å². The molecule has 1 saturated heterocycles. The molecule has 1 unspecified atom stereocenters. The van der Waals surface area contributed by atoms with Crippen LogP contribution in [0.15, 0.2) is 24.3 Å². The molecule has 0 radical (unpaired) electrons. The zero-order valence-electron chi connectivity index (χ0n) is 11.9. The van der Waals surface area contributed by atoms with E-state index in [0.717, 1.165) is 31.5 Å². The van der Waals surface area contributed by atoms with Crippen molar-refractivity contribution in [2.24, 2.45) is 0 Å². The van der Waals surface area contributed by atoms with E-state index in [2.05, 4.69) is 18.7 Å². The molecule has 0 bridgehead atoms. The van der Waals surface area contributed by atoms with Gasteiger partial charge >= 0.3 is 0 Å². The van der Waals surface area contributed by atoms with Gasteiger partial charge in [0.05, 0.1) is 11.6 Å². The van der Waals surface area contributed by atoms with Crippen LogP contribution in [-0.4, -0.2) is 28.6 Å². The summed E-state index contributed by atoms with van der Waals surface area (Å²) in [5.74, 6) is 0. The molecule has 1 aromatic rings. The largest absolute Gasteiger partial charge is 0.386 e. The minimum Gasteiger partial charge on any atom is -0.386 e. The van der Waals surface area contributed by atoms with E-state index in [1.807, 2.05) is 24.3 Å². The van der Waals surface area contributed by atoms with E-state index in [4.69, 9.17) is 11.6 Å². The quantitative estimate of drug-likeness (QED) is 0.881. The van der Waals surface area contributed by atoms with Crippen molar-refractivity contribution in [2.75, 3.05) is 13.1 Å². The van der Waals surface area contributed by atoms with Gasteiger partial charge in [0, 0.05) is 10.6 Å². The van der Waals surface area contributed by atoms with Crippen molar-refractivity contribution < 1.29 is 5.11 Å². The summed E-state index contributed by atoms with van der Waals surface area (Å²) in [7, 11) is 0. The number of aliphatic hydroxyl groups excluding tert-OH is 1. The highest BCUT2D eigenvalue weighted by molar-refractivity contribution is 6.31. The maximum Gasteiger partial charge on any atom is 0.0987 e. The molecule has 1 N–H and O–H groups in total. The van der Waals surface area contributed by atoms with Gasteiger partial charge in [-0.25, -0.2) is 0 Å². The van der Waals surface area contributed by atoms with Crippen molar-refractivity contribution in [1.82, 2.24) is 4.90 Å². The molecular formula is C16H24ClNO. The number of rotatable bonds is 5. The Kier molecular flexibility index (Phi) is 4.88. The van der Waals surface area contributed by atoms with Crippen LogP contribution in [0.3, 0.4) is 0 Å². The first kappa shape index (κ1) is 14.8. The molecule has 0 aliphatic carbocycles. The first-order valence-corrected chi connectivity index (χ1v) is 7.71.